The van der Waals surface area contributed by atoms with Crippen molar-refractivity contribution in [2.45, 2.75) is 32.5 Å². The van der Waals surface area contributed by atoms with Gasteiger partial charge in [-0.2, -0.15) is 0 Å². The molecule has 7 heteroatoms. The lowest BCUT2D eigenvalue weighted by molar-refractivity contribution is -0.140. The molecule has 7 nitrogen and oxygen atoms in total. The van der Waals surface area contributed by atoms with E-state index >= 15 is 0 Å². The number of rotatable bonds is 6. The van der Waals surface area contributed by atoms with Crippen LogP contribution in [0, 0.1) is 0 Å². The number of furan rings is 1. The minimum atomic E-state index is -0.835. The van der Waals surface area contributed by atoms with Gasteiger partial charge >= 0.3 is 0 Å². The molecule has 1 aromatic carbocycles. The Hall–Kier alpha value is -3.87. The normalized spacial score (nSPS) is 18.0. The number of likely N-dealkylation sites (tertiary alicyclic amines) is 1. The van der Waals surface area contributed by atoms with E-state index in [-0.39, 0.29) is 24.0 Å². The summed E-state index contributed by atoms with van der Waals surface area (Å²) >= 11 is 0. The van der Waals surface area contributed by atoms with Gasteiger partial charge < -0.3 is 19.2 Å². The van der Waals surface area contributed by atoms with Crippen molar-refractivity contribution in [3.63, 3.8) is 0 Å². The van der Waals surface area contributed by atoms with Crippen LogP contribution in [-0.2, 0) is 16.1 Å². The quantitative estimate of drug-likeness (QED) is 0.368. The molecule has 4 rings (SSSR count). The summed E-state index contributed by atoms with van der Waals surface area (Å²) in [7, 11) is 0. The summed E-state index contributed by atoms with van der Waals surface area (Å²) in [5, 5.41) is 11.0. The molecule has 0 saturated carbocycles. The molecule has 1 aliphatic rings. The Morgan fingerprint density at radius 3 is 2.52 bits per heavy atom. The van der Waals surface area contributed by atoms with Gasteiger partial charge in [0.1, 0.15) is 23.3 Å². The number of carbonyl (C=O) groups is 2. The second-order valence-corrected chi connectivity index (χ2v) is 7.45. The molecule has 0 aliphatic carbocycles. The molecule has 1 N–H and O–H groups in total. The zero-order chi connectivity index (χ0) is 22.0. The number of ketones is 1. The lowest BCUT2D eigenvalue weighted by atomic mass is 9.98. The van der Waals surface area contributed by atoms with Crippen LogP contribution < -0.4 is 4.74 Å². The molecule has 158 valence electrons. The molecule has 0 bridgehead atoms. The summed E-state index contributed by atoms with van der Waals surface area (Å²) in [5.41, 5.74) is 0.885. The van der Waals surface area contributed by atoms with Crippen LogP contribution in [0.15, 0.2) is 77.0 Å². The fraction of sp³-hybridized carbons (Fsp3) is 0.208. The maximum absolute atomic E-state index is 13.0. The van der Waals surface area contributed by atoms with Crippen LogP contribution in [0.1, 0.15) is 36.9 Å². The summed E-state index contributed by atoms with van der Waals surface area (Å²) in [6.07, 6.45) is 3.10. The number of aliphatic hydroxyl groups excluding tert-OH is 1. The van der Waals surface area contributed by atoms with E-state index in [1.807, 2.05) is 13.8 Å². The number of Topliss-reactive ketones (excluding diaryl/α,β-unsaturated/α-hetero) is 1. The Labute approximate surface area is 179 Å². The molecular weight excluding hydrogens is 396 g/mol. The minimum absolute atomic E-state index is 0.00668. The largest absolute Gasteiger partial charge is 0.507 e. The van der Waals surface area contributed by atoms with Crippen LogP contribution >= 0.6 is 0 Å². The van der Waals surface area contributed by atoms with Crippen LogP contribution in [0.25, 0.3) is 5.76 Å². The number of hydrogen-bond acceptors (Lipinski definition) is 6. The number of aliphatic hydroxyl groups is 1. The van der Waals surface area contributed by atoms with Gasteiger partial charge in [0, 0.05) is 11.8 Å². The second kappa shape index (κ2) is 8.47. The van der Waals surface area contributed by atoms with Gasteiger partial charge in [0.15, 0.2) is 0 Å². The first-order valence-electron chi connectivity index (χ1n) is 9.94. The maximum Gasteiger partial charge on any atom is 0.296 e. The van der Waals surface area contributed by atoms with Crippen LogP contribution in [-0.4, -0.2) is 32.8 Å². The van der Waals surface area contributed by atoms with E-state index in [2.05, 4.69) is 4.98 Å². The van der Waals surface area contributed by atoms with Crippen molar-refractivity contribution in [2.24, 2.45) is 0 Å². The van der Waals surface area contributed by atoms with Crippen molar-refractivity contribution < 1.29 is 23.8 Å². The van der Waals surface area contributed by atoms with E-state index < -0.39 is 17.7 Å². The van der Waals surface area contributed by atoms with Crippen LogP contribution in [0.3, 0.4) is 0 Å². The lowest BCUT2D eigenvalue weighted by Gasteiger charge is -2.23. The van der Waals surface area contributed by atoms with Crippen molar-refractivity contribution in [1.29, 1.82) is 0 Å². The molecular formula is C24H22N2O5. The van der Waals surface area contributed by atoms with Crippen LogP contribution in [0.4, 0.5) is 0 Å². The van der Waals surface area contributed by atoms with Gasteiger partial charge in [-0.15, -0.1) is 0 Å². The fourth-order valence-electron chi connectivity index (χ4n) is 3.58. The molecule has 3 heterocycles. The number of amides is 1. The molecule has 0 radical (unpaired) electrons. The van der Waals surface area contributed by atoms with Crippen molar-refractivity contribution in [3.8, 4) is 5.75 Å². The first-order chi connectivity index (χ1) is 15.0. The summed E-state index contributed by atoms with van der Waals surface area (Å²) in [6, 6.07) is 14.6. The monoisotopic (exact) mass is 418 g/mol. The number of aromatic nitrogens is 1. The predicted molar refractivity (Wildman–Crippen MR) is 113 cm³/mol. The van der Waals surface area contributed by atoms with Gasteiger partial charge in [0.05, 0.1) is 30.2 Å². The zero-order valence-corrected chi connectivity index (χ0v) is 17.2. The van der Waals surface area contributed by atoms with E-state index in [4.69, 9.17) is 9.15 Å². The molecule has 1 fully saturated rings. The van der Waals surface area contributed by atoms with Gasteiger partial charge in [-0.25, -0.2) is 0 Å². The van der Waals surface area contributed by atoms with Gasteiger partial charge in [-0.3, -0.25) is 14.6 Å². The number of benzene rings is 1. The summed E-state index contributed by atoms with van der Waals surface area (Å²) in [6.45, 7) is 3.92. The average molecular weight is 418 g/mol. The van der Waals surface area contributed by atoms with Gasteiger partial charge in [0.2, 0.25) is 0 Å². The van der Waals surface area contributed by atoms with E-state index in [0.29, 0.717) is 22.8 Å². The van der Waals surface area contributed by atoms with Gasteiger partial charge in [-0.1, -0.05) is 6.07 Å². The predicted octanol–water partition coefficient (Wildman–Crippen LogP) is 4.08. The molecule has 1 saturated heterocycles. The number of pyridine rings is 1. The number of nitrogens with zero attached hydrogens (tertiary/aromatic N) is 2. The molecule has 1 amide bonds. The molecule has 1 aliphatic heterocycles. The van der Waals surface area contributed by atoms with E-state index in [1.54, 1.807) is 60.8 Å². The van der Waals surface area contributed by atoms with E-state index in [9.17, 15) is 14.7 Å². The Morgan fingerprint density at radius 2 is 1.90 bits per heavy atom. The molecule has 0 spiro atoms. The highest BCUT2D eigenvalue weighted by Gasteiger charge is 2.47. The SMILES string of the molecule is CC(C)Oc1ccc(/C(O)=C2/C(=O)C(=O)N(Cc3ccco3)C2c2ccccn2)cc1. The molecule has 1 atom stereocenters. The van der Waals surface area contributed by atoms with Crippen LogP contribution in [0.2, 0.25) is 0 Å². The van der Waals surface area contributed by atoms with E-state index in [1.165, 1.54) is 11.2 Å². The Morgan fingerprint density at radius 1 is 1.13 bits per heavy atom. The Kier molecular flexibility index (Phi) is 5.58. The maximum atomic E-state index is 13.0. The summed E-state index contributed by atoms with van der Waals surface area (Å²) in [5.74, 6) is -0.563. The van der Waals surface area contributed by atoms with Gasteiger partial charge in [0.25, 0.3) is 11.7 Å². The van der Waals surface area contributed by atoms with Crippen LogP contribution in [0.5, 0.6) is 5.75 Å². The summed E-state index contributed by atoms with van der Waals surface area (Å²) in [4.78, 5) is 31.5. The zero-order valence-electron chi connectivity index (χ0n) is 17.2. The first-order valence-corrected chi connectivity index (χ1v) is 9.94. The average Bonchev–Trinajstić information content (AvgIpc) is 3.36. The Bertz CT molecular complexity index is 1100. The van der Waals surface area contributed by atoms with Crippen molar-refractivity contribution in [1.82, 2.24) is 9.88 Å². The molecule has 3 aromatic rings. The minimum Gasteiger partial charge on any atom is -0.507 e. The molecule has 1 unspecified atom stereocenters. The van der Waals surface area contributed by atoms with Gasteiger partial charge in [-0.05, 0) is 62.4 Å². The van der Waals surface area contributed by atoms with E-state index in [0.717, 1.165) is 0 Å². The third-order valence-corrected chi connectivity index (χ3v) is 4.91. The standard InChI is InChI=1S/C24H22N2O5/c1-15(2)31-17-10-8-16(9-11-17)22(27)20-21(19-7-3-4-12-25-19)26(24(29)23(20)28)14-18-6-5-13-30-18/h3-13,15,21,27H,14H2,1-2H3/b22-20-. The summed E-state index contributed by atoms with van der Waals surface area (Å²) < 4.78 is 11.0. The number of hydrogen-bond donors (Lipinski definition) is 1. The smallest absolute Gasteiger partial charge is 0.296 e. The third kappa shape index (κ3) is 4.07. The lowest BCUT2D eigenvalue weighted by Crippen LogP contribution is -2.29. The topological polar surface area (TPSA) is 92.9 Å². The fourth-order valence-corrected chi connectivity index (χ4v) is 3.58. The Balaban J connectivity index is 1.78. The molecule has 31 heavy (non-hydrogen) atoms. The number of carbonyl (C=O) groups excluding carboxylic acids is 2. The van der Waals surface area contributed by atoms with Crippen molar-refractivity contribution >= 4 is 17.4 Å². The van der Waals surface area contributed by atoms with Crippen molar-refractivity contribution in [2.75, 3.05) is 0 Å². The number of ether oxygens (including phenoxy) is 1. The van der Waals surface area contributed by atoms with Crippen molar-refractivity contribution in [3.05, 3.63) is 89.6 Å². The second-order valence-electron chi connectivity index (χ2n) is 7.45. The highest BCUT2D eigenvalue weighted by atomic mass is 16.5. The molecule has 2 aromatic heterocycles. The highest BCUT2D eigenvalue weighted by molar-refractivity contribution is 6.46. The highest BCUT2D eigenvalue weighted by Crippen LogP contribution is 2.39. The first kappa shape index (κ1) is 20.4. The third-order valence-electron chi connectivity index (χ3n) is 4.91.